The number of nitrogens with zero attached hydrogens (tertiary/aromatic N) is 2. The number of amides is 1. The van der Waals surface area contributed by atoms with Gasteiger partial charge in [-0.1, -0.05) is 84.1 Å². The monoisotopic (exact) mass is 631 g/mol. The molecule has 0 bridgehead atoms. The molecule has 0 aliphatic carbocycles. The van der Waals surface area contributed by atoms with Crippen LogP contribution in [0, 0.1) is 0 Å². The van der Waals surface area contributed by atoms with Gasteiger partial charge in [0, 0.05) is 5.69 Å². The van der Waals surface area contributed by atoms with Crippen molar-refractivity contribution in [2.75, 3.05) is 25.1 Å². The molecule has 5 aromatic rings. The number of fused-ring (bicyclic) bond motifs is 1. The first-order chi connectivity index (χ1) is 22.5. The Hall–Kier alpha value is -5.41. The number of para-hydroxylation sites is 2. The zero-order chi connectivity index (χ0) is 31.9. The van der Waals surface area contributed by atoms with Crippen LogP contribution < -0.4 is 34.4 Å². The van der Waals surface area contributed by atoms with Crippen LogP contribution in [0.5, 0.6) is 17.2 Å². The van der Waals surface area contributed by atoms with Crippen LogP contribution in [-0.2, 0) is 4.79 Å². The molecule has 1 atom stereocenters. The fourth-order valence-corrected chi connectivity index (χ4v) is 6.31. The Morgan fingerprint density at radius 1 is 0.870 bits per heavy atom. The summed E-state index contributed by atoms with van der Waals surface area (Å²) in [4.78, 5) is 33.0. The van der Waals surface area contributed by atoms with Crippen LogP contribution in [0.15, 0.2) is 130 Å². The lowest BCUT2D eigenvalue weighted by molar-refractivity contribution is -0.113. The molecule has 46 heavy (non-hydrogen) atoms. The smallest absolute Gasteiger partial charge is 0.271 e. The van der Waals surface area contributed by atoms with Gasteiger partial charge in [0.05, 0.1) is 28.5 Å². The van der Waals surface area contributed by atoms with E-state index in [2.05, 4.69) is 5.32 Å². The molecule has 0 saturated heterocycles. The molecule has 0 spiro atoms. The second-order valence-electron chi connectivity index (χ2n) is 10.5. The molecule has 4 aromatic carbocycles. The molecule has 1 aliphatic heterocycles. The Labute approximate surface area is 270 Å². The summed E-state index contributed by atoms with van der Waals surface area (Å²) in [6.07, 6.45) is 1.82. The van der Waals surface area contributed by atoms with Crippen LogP contribution in [-0.4, -0.2) is 30.3 Å². The Balaban J connectivity index is 1.31. The van der Waals surface area contributed by atoms with Crippen LogP contribution in [0.1, 0.15) is 31.0 Å². The minimum absolute atomic E-state index is 0.230. The van der Waals surface area contributed by atoms with E-state index in [9.17, 15) is 9.59 Å². The highest BCUT2D eigenvalue weighted by Crippen LogP contribution is 2.31. The predicted molar refractivity (Wildman–Crippen MR) is 180 cm³/mol. The molecule has 0 saturated carbocycles. The van der Waals surface area contributed by atoms with E-state index in [1.807, 2.05) is 129 Å². The molecule has 1 unspecified atom stereocenters. The Bertz CT molecular complexity index is 2040. The van der Waals surface area contributed by atoms with Crippen LogP contribution in [0.3, 0.4) is 0 Å². The van der Waals surface area contributed by atoms with Crippen molar-refractivity contribution in [2.45, 2.75) is 19.9 Å². The van der Waals surface area contributed by atoms with E-state index in [0.717, 1.165) is 16.9 Å². The zero-order valence-electron chi connectivity index (χ0n) is 25.5. The van der Waals surface area contributed by atoms with Gasteiger partial charge < -0.3 is 19.5 Å². The number of carbonyl (C=O) groups is 1. The van der Waals surface area contributed by atoms with Crippen molar-refractivity contribution in [1.29, 1.82) is 0 Å². The summed E-state index contributed by atoms with van der Waals surface area (Å²) < 4.78 is 19.7. The largest absolute Gasteiger partial charge is 0.490 e. The number of thiazole rings is 1. The van der Waals surface area contributed by atoms with Gasteiger partial charge in [-0.3, -0.25) is 14.2 Å². The quantitative estimate of drug-likeness (QED) is 0.188. The maximum atomic E-state index is 14.1. The predicted octanol–water partition coefficient (Wildman–Crippen LogP) is 5.73. The van der Waals surface area contributed by atoms with Crippen LogP contribution in [0.4, 0.5) is 5.69 Å². The molecule has 6 rings (SSSR count). The normalized spacial score (nSPS) is 14.3. The summed E-state index contributed by atoms with van der Waals surface area (Å²) >= 11 is 1.29. The van der Waals surface area contributed by atoms with Crippen molar-refractivity contribution in [3.05, 3.63) is 151 Å². The van der Waals surface area contributed by atoms with Crippen molar-refractivity contribution in [3.8, 4) is 17.2 Å². The summed E-state index contributed by atoms with van der Waals surface area (Å²) in [6.45, 7) is 4.89. The number of benzene rings is 4. The van der Waals surface area contributed by atoms with Gasteiger partial charge in [0.2, 0.25) is 0 Å². The summed E-state index contributed by atoms with van der Waals surface area (Å²) in [7, 11) is 0. The van der Waals surface area contributed by atoms with Gasteiger partial charge in [-0.15, -0.1) is 0 Å². The van der Waals surface area contributed by atoms with Gasteiger partial charge in [0.15, 0.2) is 16.3 Å². The average Bonchev–Trinajstić information content (AvgIpc) is 3.38. The first-order valence-electron chi connectivity index (χ1n) is 15.0. The van der Waals surface area contributed by atoms with E-state index >= 15 is 0 Å². The summed E-state index contributed by atoms with van der Waals surface area (Å²) in [5.41, 5.74) is 3.01. The van der Waals surface area contributed by atoms with Crippen molar-refractivity contribution in [2.24, 2.45) is 4.99 Å². The molecule has 0 radical (unpaired) electrons. The van der Waals surface area contributed by atoms with E-state index in [1.54, 1.807) is 4.57 Å². The number of nitrogens with one attached hydrogen (secondary N) is 1. The van der Waals surface area contributed by atoms with Crippen LogP contribution in [0.2, 0.25) is 0 Å². The molecular formula is C37H33N3O5S. The van der Waals surface area contributed by atoms with Crippen LogP contribution in [0.25, 0.3) is 6.08 Å². The van der Waals surface area contributed by atoms with E-state index in [1.165, 1.54) is 11.3 Å². The number of ether oxygens (including phenoxy) is 3. The first kappa shape index (κ1) is 30.6. The lowest BCUT2D eigenvalue weighted by Crippen LogP contribution is -2.40. The standard InChI is InChI=1S/C37H33N3O5S/c1-3-43-31-23-26(19-20-30(31)45-22-21-44-29-17-11-6-12-18-29)24-32-36(42)40-34(27-13-7-4-8-14-27)33(25(2)38-37(40)46-32)35(41)39-28-15-9-5-10-16-28/h4-20,23-24,34H,3,21-22H2,1-2H3,(H,39,41)/b32-24-. The fraction of sp³-hybridized carbons (Fsp3) is 0.162. The topological polar surface area (TPSA) is 91.2 Å². The van der Waals surface area contributed by atoms with E-state index in [-0.39, 0.29) is 11.5 Å². The van der Waals surface area contributed by atoms with Gasteiger partial charge in [-0.05, 0) is 67.4 Å². The van der Waals surface area contributed by atoms with Crippen LogP contribution >= 0.6 is 11.3 Å². The molecule has 9 heteroatoms. The molecule has 1 N–H and O–H groups in total. The molecule has 2 heterocycles. The van der Waals surface area contributed by atoms with E-state index in [4.69, 9.17) is 19.2 Å². The van der Waals surface area contributed by atoms with Crippen molar-refractivity contribution in [3.63, 3.8) is 0 Å². The van der Waals surface area contributed by atoms with Crippen molar-refractivity contribution in [1.82, 2.24) is 4.57 Å². The van der Waals surface area contributed by atoms with Gasteiger partial charge in [-0.25, -0.2) is 4.99 Å². The van der Waals surface area contributed by atoms with E-state index < -0.39 is 6.04 Å². The Kier molecular flexibility index (Phi) is 9.40. The summed E-state index contributed by atoms with van der Waals surface area (Å²) in [5.74, 6) is 1.63. The Morgan fingerprint density at radius 2 is 1.54 bits per heavy atom. The highest BCUT2D eigenvalue weighted by molar-refractivity contribution is 7.07. The average molecular weight is 632 g/mol. The first-order valence-corrected chi connectivity index (χ1v) is 15.8. The second-order valence-corrected chi connectivity index (χ2v) is 11.5. The molecule has 8 nitrogen and oxygen atoms in total. The zero-order valence-corrected chi connectivity index (χ0v) is 26.3. The highest BCUT2D eigenvalue weighted by Gasteiger charge is 2.32. The van der Waals surface area contributed by atoms with Gasteiger partial charge >= 0.3 is 0 Å². The number of hydrogen-bond acceptors (Lipinski definition) is 7. The Morgan fingerprint density at radius 3 is 2.26 bits per heavy atom. The van der Waals surface area contributed by atoms with Gasteiger partial charge in [0.25, 0.3) is 11.5 Å². The maximum absolute atomic E-state index is 14.1. The fourth-order valence-electron chi connectivity index (χ4n) is 5.26. The SMILES string of the molecule is CCOc1cc(/C=c2\sc3n(c2=O)C(c2ccccc2)C(C(=O)Nc2ccccc2)=C(C)N=3)ccc1OCCOc1ccccc1. The number of aromatic nitrogens is 1. The van der Waals surface area contributed by atoms with Gasteiger partial charge in [0.1, 0.15) is 19.0 Å². The van der Waals surface area contributed by atoms with Crippen molar-refractivity contribution >= 4 is 29.0 Å². The number of anilines is 1. The third kappa shape index (κ3) is 6.79. The number of hydrogen-bond donors (Lipinski definition) is 1. The molecule has 1 amide bonds. The molecule has 0 fully saturated rings. The van der Waals surface area contributed by atoms with Gasteiger partial charge in [-0.2, -0.15) is 0 Å². The number of carbonyl (C=O) groups excluding carboxylic acids is 1. The molecule has 1 aromatic heterocycles. The highest BCUT2D eigenvalue weighted by atomic mass is 32.1. The number of rotatable bonds is 11. The lowest BCUT2D eigenvalue weighted by Gasteiger charge is -2.25. The van der Waals surface area contributed by atoms with E-state index in [0.29, 0.717) is 57.6 Å². The second kappa shape index (κ2) is 14.1. The lowest BCUT2D eigenvalue weighted by atomic mass is 9.95. The number of allylic oxidation sites excluding steroid dienone is 1. The maximum Gasteiger partial charge on any atom is 0.271 e. The third-order valence-electron chi connectivity index (χ3n) is 7.33. The molecular weight excluding hydrogens is 598 g/mol. The summed E-state index contributed by atoms with van der Waals surface area (Å²) in [6, 6.07) is 33.3. The van der Waals surface area contributed by atoms with Crippen molar-refractivity contribution < 1.29 is 19.0 Å². The minimum Gasteiger partial charge on any atom is -0.490 e. The summed E-state index contributed by atoms with van der Waals surface area (Å²) in [5, 5.41) is 2.98. The third-order valence-corrected chi connectivity index (χ3v) is 8.31. The minimum atomic E-state index is -0.642. The molecule has 232 valence electrons. The molecule has 1 aliphatic rings.